The van der Waals surface area contributed by atoms with Crippen molar-refractivity contribution in [3.63, 3.8) is 0 Å². The van der Waals surface area contributed by atoms with Gasteiger partial charge in [-0.05, 0) is 17.7 Å². The number of benzene rings is 1. The van der Waals surface area contributed by atoms with E-state index in [1.807, 2.05) is 6.07 Å². The minimum atomic E-state index is -0.305. The summed E-state index contributed by atoms with van der Waals surface area (Å²) in [5.41, 5.74) is 3.71. The van der Waals surface area contributed by atoms with Crippen molar-refractivity contribution < 1.29 is 4.79 Å². The predicted molar refractivity (Wildman–Crippen MR) is 73.9 cm³/mol. The molecule has 1 heterocycles. The minimum absolute atomic E-state index is 0.305. The van der Waals surface area contributed by atoms with Crippen LogP contribution in [-0.4, -0.2) is 15.9 Å². The first-order valence-electron chi connectivity index (χ1n) is 5.12. The third kappa shape index (κ3) is 3.12. The number of nitrogens with one attached hydrogen (secondary N) is 2. The molecule has 0 saturated carbocycles. The number of carbonyl (C=O) groups excluding carboxylic acids is 1. The van der Waals surface area contributed by atoms with Gasteiger partial charge in [0.25, 0.3) is 5.91 Å². The quantitative estimate of drug-likeness (QED) is 0.347. The molecule has 2 aromatic rings. The molecular formula is C11H11BrN4OS. The molecule has 0 atom stereocenters. The Labute approximate surface area is 117 Å². The summed E-state index contributed by atoms with van der Waals surface area (Å²) in [5, 5.41) is 0.866. The maximum atomic E-state index is 11.3. The number of rotatable bonds is 4. The van der Waals surface area contributed by atoms with Gasteiger partial charge in [0.1, 0.15) is 0 Å². The lowest BCUT2D eigenvalue weighted by molar-refractivity contribution is 0.0953. The number of nitrogens with zero attached hydrogens (tertiary/aromatic N) is 1. The molecule has 0 aliphatic rings. The minimum Gasteiger partial charge on any atom is -0.340 e. The van der Waals surface area contributed by atoms with Crippen molar-refractivity contribution in [2.75, 3.05) is 0 Å². The SMILES string of the molecule is NNC(=O)c1ccc(CSc2ncc[nH]2)c(Br)c1. The fourth-order valence-electron chi connectivity index (χ4n) is 1.36. The Morgan fingerprint density at radius 1 is 1.56 bits per heavy atom. The molecule has 5 nitrogen and oxygen atoms in total. The van der Waals surface area contributed by atoms with Crippen LogP contribution in [-0.2, 0) is 5.75 Å². The molecule has 0 aliphatic heterocycles. The molecule has 0 spiro atoms. The number of imidazole rings is 1. The van der Waals surface area contributed by atoms with Crippen LogP contribution >= 0.6 is 27.7 Å². The maximum absolute atomic E-state index is 11.3. The Morgan fingerprint density at radius 3 is 3.00 bits per heavy atom. The number of halogens is 1. The van der Waals surface area contributed by atoms with Gasteiger partial charge in [0.2, 0.25) is 0 Å². The fourth-order valence-corrected chi connectivity index (χ4v) is 2.90. The van der Waals surface area contributed by atoms with E-state index in [2.05, 4.69) is 31.3 Å². The number of hydrogen-bond acceptors (Lipinski definition) is 4. The van der Waals surface area contributed by atoms with Crippen molar-refractivity contribution >= 4 is 33.6 Å². The van der Waals surface area contributed by atoms with Crippen molar-refractivity contribution in [2.24, 2.45) is 5.84 Å². The number of carbonyl (C=O) groups is 1. The largest absolute Gasteiger partial charge is 0.340 e. The van der Waals surface area contributed by atoms with Gasteiger partial charge in [-0.25, -0.2) is 10.8 Å². The number of nitrogens with two attached hydrogens (primary N) is 1. The monoisotopic (exact) mass is 326 g/mol. The first kappa shape index (κ1) is 13.1. The van der Waals surface area contributed by atoms with Crippen molar-refractivity contribution in [1.82, 2.24) is 15.4 Å². The second-order valence-electron chi connectivity index (χ2n) is 3.46. The zero-order valence-corrected chi connectivity index (χ0v) is 11.7. The number of thioether (sulfide) groups is 1. The molecule has 1 aromatic heterocycles. The fraction of sp³-hybridized carbons (Fsp3) is 0.0909. The summed E-state index contributed by atoms with van der Waals surface area (Å²) in [4.78, 5) is 18.5. The summed E-state index contributed by atoms with van der Waals surface area (Å²) in [7, 11) is 0. The van der Waals surface area contributed by atoms with Gasteiger partial charge in [0, 0.05) is 28.2 Å². The summed E-state index contributed by atoms with van der Waals surface area (Å²) in [6.45, 7) is 0. The highest BCUT2D eigenvalue weighted by molar-refractivity contribution is 9.10. The van der Waals surface area contributed by atoms with Crippen LogP contribution in [0.5, 0.6) is 0 Å². The Hall–Kier alpha value is -1.31. The van der Waals surface area contributed by atoms with Gasteiger partial charge >= 0.3 is 0 Å². The zero-order chi connectivity index (χ0) is 13.0. The summed E-state index contributed by atoms with van der Waals surface area (Å²) >= 11 is 5.04. The first-order valence-corrected chi connectivity index (χ1v) is 6.90. The summed E-state index contributed by atoms with van der Waals surface area (Å²) in [5.74, 6) is 5.54. The molecule has 0 fully saturated rings. The van der Waals surface area contributed by atoms with E-state index >= 15 is 0 Å². The van der Waals surface area contributed by atoms with Gasteiger partial charge in [-0.1, -0.05) is 33.8 Å². The van der Waals surface area contributed by atoms with Crippen molar-refractivity contribution in [3.05, 3.63) is 46.2 Å². The third-order valence-corrected chi connectivity index (χ3v) is 3.97. The number of nitrogen functional groups attached to an aromatic ring is 1. The summed E-state index contributed by atoms with van der Waals surface area (Å²) < 4.78 is 0.877. The molecule has 4 N–H and O–H groups in total. The van der Waals surface area contributed by atoms with Crippen molar-refractivity contribution in [2.45, 2.75) is 10.9 Å². The molecule has 2 rings (SSSR count). The van der Waals surface area contributed by atoms with Crippen LogP contribution in [0.25, 0.3) is 0 Å². The second-order valence-corrected chi connectivity index (χ2v) is 5.28. The number of aromatic nitrogens is 2. The molecule has 1 amide bonds. The van der Waals surface area contributed by atoms with E-state index in [1.165, 1.54) is 0 Å². The average molecular weight is 327 g/mol. The van der Waals surface area contributed by atoms with E-state index < -0.39 is 0 Å². The summed E-state index contributed by atoms with van der Waals surface area (Å²) in [6, 6.07) is 5.38. The number of hydrazine groups is 1. The van der Waals surface area contributed by atoms with Gasteiger partial charge in [-0.2, -0.15) is 0 Å². The van der Waals surface area contributed by atoms with Crippen LogP contribution in [0, 0.1) is 0 Å². The van der Waals surface area contributed by atoms with Gasteiger partial charge in [0.15, 0.2) is 5.16 Å². The van der Waals surface area contributed by atoms with E-state index in [0.29, 0.717) is 5.56 Å². The lowest BCUT2D eigenvalue weighted by atomic mass is 10.1. The lowest BCUT2D eigenvalue weighted by Crippen LogP contribution is -2.29. The topological polar surface area (TPSA) is 83.8 Å². The molecule has 0 bridgehead atoms. The molecule has 0 unspecified atom stereocenters. The van der Waals surface area contributed by atoms with Crippen LogP contribution in [0.4, 0.5) is 0 Å². The molecule has 0 radical (unpaired) electrons. The van der Waals surface area contributed by atoms with E-state index in [-0.39, 0.29) is 5.91 Å². The van der Waals surface area contributed by atoms with Crippen molar-refractivity contribution in [1.29, 1.82) is 0 Å². The third-order valence-electron chi connectivity index (χ3n) is 2.28. The number of amides is 1. The van der Waals surface area contributed by atoms with Crippen molar-refractivity contribution in [3.8, 4) is 0 Å². The highest BCUT2D eigenvalue weighted by Crippen LogP contribution is 2.25. The predicted octanol–water partition coefficient (Wildman–Crippen LogP) is 2.07. The highest BCUT2D eigenvalue weighted by atomic mass is 79.9. The molecule has 1 aromatic carbocycles. The van der Waals surface area contributed by atoms with Crippen LogP contribution in [0.2, 0.25) is 0 Å². The van der Waals surface area contributed by atoms with Gasteiger partial charge in [0.05, 0.1) is 0 Å². The van der Waals surface area contributed by atoms with E-state index in [1.54, 1.807) is 36.3 Å². The first-order chi connectivity index (χ1) is 8.70. The van der Waals surface area contributed by atoms with Crippen LogP contribution in [0.1, 0.15) is 15.9 Å². The Kier molecular flexibility index (Phi) is 4.40. The van der Waals surface area contributed by atoms with Crippen LogP contribution in [0.15, 0.2) is 40.2 Å². The van der Waals surface area contributed by atoms with E-state index in [4.69, 9.17) is 5.84 Å². The second kappa shape index (κ2) is 6.03. The van der Waals surface area contributed by atoms with Gasteiger partial charge < -0.3 is 4.98 Å². The van der Waals surface area contributed by atoms with Crippen LogP contribution in [0.3, 0.4) is 0 Å². The zero-order valence-electron chi connectivity index (χ0n) is 9.31. The molecule has 0 aliphatic carbocycles. The molecular weight excluding hydrogens is 316 g/mol. The number of hydrogen-bond donors (Lipinski definition) is 3. The molecule has 18 heavy (non-hydrogen) atoms. The molecule has 7 heteroatoms. The van der Waals surface area contributed by atoms with E-state index in [9.17, 15) is 4.79 Å². The highest BCUT2D eigenvalue weighted by Gasteiger charge is 2.07. The Morgan fingerprint density at radius 2 is 2.39 bits per heavy atom. The van der Waals surface area contributed by atoms with E-state index in [0.717, 1.165) is 20.9 Å². The number of aromatic amines is 1. The number of H-pyrrole nitrogens is 1. The van der Waals surface area contributed by atoms with Crippen LogP contribution < -0.4 is 11.3 Å². The Bertz CT molecular complexity index is 544. The van der Waals surface area contributed by atoms with Gasteiger partial charge in [-0.15, -0.1) is 0 Å². The standard InChI is InChI=1S/C11H11BrN4OS/c12-9-5-7(10(17)16-13)1-2-8(9)6-18-11-14-3-4-15-11/h1-5H,6,13H2,(H,14,15)(H,16,17). The lowest BCUT2D eigenvalue weighted by Gasteiger charge is -2.05. The molecule has 94 valence electrons. The average Bonchev–Trinajstić information content (AvgIpc) is 2.89. The summed E-state index contributed by atoms with van der Waals surface area (Å²) in [6.07, 6.45) is 3.50. The van der Waals surface area contributed by atoms with Gasteiger partial charge in [-0.3, -0.25) is 10.2 Å². The molecule has 0 saturated heterocycles. The maximum Gasteiger partial charge on any atom is 0.265 e. The smallest absolute Gasteiger partial charge is 0.265 e. The Balaban J connectivity index is 2.08. The normalized spacial score (nSPS) is 10.3.